The zero-order chi connectivity index (χ0) is 48.8. The molecule has 12 rings (SSSR count). The van der Waals surface area contributed by atoms with Gasteiger partial charge in [-0.2, -0.15) is 9.97 Å². The van der Waals surface area contributed by atoms with Crippen LogP contribution in [0.2, 0.25) is 0 Å². The van der Waals surface area contributed by atoms with Crippen molar-refractivity contribution in [1.29, 1.82) is 0 Å². The highest BCUT2D eigenvalue weighted by Crippen LogP contribution is 2.38. The van der Waals surface area contributed by atoms with Crippen LogP contribution in [0.25, 0.3) is 106 Å². The lowest BCUT2D eigenvalue weighted by molar-refractivity contribution is 0.952. The summed E-state index contributed by atoms with van der Waals surface area (Å²) in [6.07, 6.45) is 0. The molecule has 0 fully saturated rings. The van der Waals surface area contributed by atoms with Gasteiger partial charge in [-0.3, -0.25) is 4.57 Å². The van der Waals surface area contributed by atoms with Crippen LogP contribution in [0, 0.1) is 0 Å². The van der Waals surface area contributed by atoms with Crippen molar-refractivity contribution in [1.82, 2.24) is 28.7 Å². The number of hydrogen-bond donors (Lipinski definition) is 0. The van der Waals surface area contributed by atoms with E-state index < -0.39 is 78.6 Å². The van der Waals surface area contributed by atoms with Crippen molar-refractivity contribution in [2.24, 2.45) is 0 Å². The van der Waals surface area contributed by atoms with Gasteiger partial charge in [0.2, 0.25) is 5.95 Å². The van der Waals surface area contributed by atoms with Gasteiger partial charge in [0.05, 0.1) is 56.6 Å². The SMILES string of the molecule is [2H]c1c([2H])c([2H])c(-n2c3ccccc3c3ccc(-c4nc(-c5ccccc5-n5c6ccccc6c6ccccc65)nc(-n5c6c([2H])c([2H])c([2H])c([2H])c6c6c([2H])c([2H])c([2H])c([2H])c65)n4)cc32)c([2H])c1[2H]. The van der Waals surface area contributed by atoms with Crippen molar-refractivity contribution in [3.63, 3.8) is 0 Å². The second-order valence-electron chi connectivity index (χ2n) is 13.5. The highest BCUT2D eigenvalue weighted by molar-refractivity contribution is 6.12. The van der Waals surface area contributed by atoms with Gasteiger partial charge in [0, 0.05) is 49.1 Å². The number of para-hydroxylation sites is 7. The van der Waals surface area contributed by atoms with Crippen LogP contribution in [0.15, 0.2) is 194 Å². The van der Waals surface area contributed by atoms with Gasteiger partial charge < -0.3 is 9.13 Å². The van der Waals surface area contributed by atoms with E-state index >= 15 is 0 Å². The summed E-state index contributed by atoms with van der Waals surface area (Å²) >= 11 is 0. The molecule has 0 unspecified atom stereocenters. The average Bonchev–Trinajstić information content (AvgIpc) is 4.04. The van der Waals surface area contributed by atoms with Gasteiger partial charge in [0.15, 0.2) is 11.6 Å². The third kappa shape index (κ3) is 4.74. The first-order valence-corrected chi connectivity index (χ1v) is 18.2. The number of benzene rings is 8. The molecule has 0 saturated heterocycles. The molecule has 6 nitrogen and oxygen atoms in total. The Morgan fingerprint density at radius 3 is 1.56 bits per heavy atom. The summed E-state index contributed by atoms with van der Waals surface area (Å²) in [7, 11) is 0. The van der Waals surface area contributed by atoms with E-state index in [-0.39, 0.29) is 45.1 Å². The highest BCUT2D eigenvalue weighted by Gasteiger charge is 2.22. The fourth-order valence-corrected chi connectivity index (χ4v) is 8.08. The lowest BCUT2D eigenvalue weighted by atomic mass is 10.1. The fourth-order valence-electron chi connectivity index (χ4n) is 8.08. The minimum absolute atomic E-state index is 0.0356. The summed E-state index contributed by atoms with van der Waals surface area (Å²) in [6, 6.07) is 29.2. The Bertz CT molecular complexity index is 4150. The van der Waals surface area contributed by atoms with Crippen LogP contribution < -0.4 is 0 Å². The number of fused-ring (bicyclic) bond motifs is 9. The van der Waals surface area contributed by atoms with E-state index in [2.05, 4.69) is 4.57 Å². The van der Waals surface area contributed by atoms with E-state index in [0.29, 0.717) is 33.2 Å². The zero-order valence-corrected chi connectivity index (χ0v) is 29.7. The maximum absolute atomic E-state index is 9.27. The molecular weight excluding hydrogens is 697 g/mol. The van der Waals surface area contributed by atoms with Crippen LogP contribution >= 0.6 is 0 Å². The molecule has 0 aliphatic carbocycles. The van der Waals surface area contributed by atoms with E-state index in [0.717, 1.165) is 27.2 Å². The van der Waals surface area contributed by atoms with Gasteiger partial charge in [-0.05, 0) is 60.6 Å². The number of aromatic nitrogens is 6. The third-order valence-electron chi connectivity index (χ3n) is 10.5. The molecule has 4 heterocycles. The van der Waals surface area contributed by atoms with Crippen LogP contribution in [0.1, 0.15) is 17.8 Å². The monoisotopic (exact) mass is 741 g/mol. The van der Waals surface area contributed by atoms with Crippen molar-refractivity contribution in [2.45, 2.75) is 0 Å². The molecule has 12 aromatic rings. The molecular formula is C51H32N6. The van der Waals surface area contributed by atoms with E-state index in [1.807, 2.05) is 91.0 Å². The molecule has 57 heavy (non-hydrogen) atoms. The Morgan fingerprint density at radius 2 is 0.895 bits per heavy atom. The van der Waals surface area contributed by atoms with Gasteiger partial charge in [0.25, 0.3) is 0 Å². The van der Waals surface area contributed by atoms with Gasteiger partial charge >= 0.3 is 0 Å². The first-order chi connectivity index (χ1) is 33.7. The molecule has 0 atom stereocenters. The van der Waals surface area contributed by atoms with Crippen LogP contribution in [0.4, 0.5) is 0 Å². The Hall–Kier alpha value is -7.83. The van der Waals surface area contributed by atoms with E-state index in [9.17, 15) is 2.74 Å². The van der Waals surface area contributed by atoms with Crippen molar-refractivity contribution < 1.29 is 17.8 Å². The molecule has 0 bridgehead atoms. The van der Waals surface area contributed by atoms with Gasteiger partial charge in [-0.25, -0.2) is 4.98 Å². The zero-order valence-electron chi connectivity index (χ0n) is 42.7. The van der Waals surface area contributed by atoms with Crippen LogP contribution in [-0.2, 0) is 0 Å². The predicted molar refractivity (Wildman–Crippen MR) is 234 cm³/mol. The largest absolute Gasteiger partial charge is 0.309 e. The molecule has 0 aliphatic heterocycles. The lowest BCUT2D eigenvalue weighted by Gasteiger charge is -2.15. The quantitative estimate of drug-likeness (QED) is 0.176. The van der Waals surface area contributed by atoms with Crippen molar-refractivity contribution in [3.8, 4) is 40.1 Å². The summed E-state index contributed by atoms with van der Waals surface area (Å²) in [4.78, 5) is 15.2. The number of nitrogens with zero attached hydrogens (tertiary/aromatic N) is 6. The molecule has 8 aromatic carbocycles. The van der Waals surface area contributed by atoms with Crippen LogP contribution in [0.5, 0.6) is 0 Å². The molecule has 0 amide bonds. The van der Waals surface area contributed by atoms with E-state index in [4.69, 9.17) is 30.0 Å². The Labute approximate surface area is 345 Å². The average molecular weight is 742 g/mol. The predicted octanol–water partition coefficient (Wildman–Crippen LogP) is 12.5. The van der Waals surface area contributed by atoms with Crippen molar-refractivity contribution in [3.05, 3.63) is 194 Å². The Kier molecular flexibility index (Phi) is 4.62. The molecule has 4 aromatic heterocycles. The maximum Gasteiger partial charge on any atom is 0.238 e. The molecule has 266 valence electrons. The number of hydrogen-bond acceptors (Lipinski definition) is 3. The highest BCUT2D eigenvalue weighted by atomic mass is 15.2. The third-order valence-corrected chi connectivity index (χ3v) is 10.5. The summed E-state index contributed by atoms with van der Waals surface area (Å²) in [5.74, 6) is -0.0905. The summed E-state index contributed by atoms with van der Waals surface area (Å²) in [5.41, 5.74) is 3.94. The van der Waals surface area contributed by atoms with Crippen LogP contribution in [-0.4, -0.2) is 28.7 Å². The standard InChI is InChI=1S/C51H32N6/c1-2-16-34(17-3-1)55-42-24-10-4-22-39(42)40-31-30-33(32-48(40)55)49-52-50(54-51(53-49)57-45-27-13-7-20-37(45)38-21-8-14-28-46(38)57)41-23-9-15-29-47(41)56-43-25-11-5-18-35(43)36-19-6-12-26-44(36)56/h1-32H/i1D,2D,3D,7D,8D,13D,14D,16D,17D,20D,21D,27D,28D. The summed E-state index contributed by atoms with van der Waals surface area (Å²) < 4.78 is 120. The fraction of sp³-hybridized carbons (Fsp3) is 0. The smallest absolute Gasteiger partial charge is 0.238 e. The lowest BCUT2D eigenvalue weighted by Crippen LogP contribution is -2.08. The summed E-state index contributed by atoms with van der Waals surface area (Å²) in [6.45, 7) is 0. The molecule has 0 aliphatic rings. The minimum atomic E-state index is -0.603. The topological polar surface area (TPSA) is 53.5 Å². The van der Waals surface area contributed by atoms with Gasteiger partial charge in [-0.1, -0.05) is 133 Å². The van der Waals surface area contributed by atoms with Crippen molar-refractivity contribution >= 4 is 65.4 Å². The van der Waals surface area contributed by atoms with Gasteiger partial charge in [0.1, 0.15) is 0 Å². The molecule has 0 saturated carbocycles. The maximum atomic E-state index is 9.27. The Balaban J connectivity index is 1.23. The van der Waals surface area contributed by atoms with E-state index in [1.165, 1.54) is 4.57 Å². The Morgan fingerprint density at radius 1 is 0.368 bits per heavy atom. The normalized spacial score (nSPS) is 15.1. The van der Waals surface area contributed by atoms with E-state index in [1.54, 1.807) is 28.8 Å². The molecule has 0 radical (unpaired) electrons. The first kappa shape index (κ1) is 21.3. The second kappa shape index (κ2) is 12.3. The molecule has 0 N–H and O–H groups in total. The molecule has 0 spiro atoms. The van der Waals surface area contributed by atoms with Crippen LogP contribution in [0.3, 0.4) is 0 Å². The van der Waals surface area contributed by atoms with Gasteiger partial charge in [-0.15, -0.1) is 0 Å². The van der Waals surface area contributed by atoms with Crippen molar-refractivity contribution in [2.75, 3.05) is 0 Å². The minimum Gasteiger partial charge on any atom is -0.309 e. The molecule has 6 heteroatoms. The second-order valence-corrected chi connectivity index (χ2v) is 13.5. The number of rotatable bonds is 5. The first-order valence-electron chi connectivity index (χ1n) is 24.7. The summed E-state index contributed by atoms with van der Waals surface area (Å²) in [5, 5.41) is 3.13.